The lowest BCUT2D eigenvalue weighted by Gasteiger charge is -2.10. The van der Waals surface area contributed by atoms with E-state index in [-0.39, 0.29) is 12.5 Å². The highest BCUT2D eigenvalue weighted by molar-refractivity contribution is 6.30. The molecule has 1 unspecified atom stereocenters. The van der Waals surface area contributed by atoms with E-state index in [1.165, 1.54) is 6.92 Å². The summed E-state index contributed by atoms with van der Waals surface area (Å²) in [6, 6.07) is 6.87. The van der Waals surface area contributed by atoms with Crippen LogP contribution >= 0.6 is 11.6 Å². The molecule has 1 amide bonds. The molecule has 0 saturated carbocycles. The monoisotopic (exact) mass is 213 g/mol. The zero-order valence-corrected chi connectivity index (χ0v) is 8.58. The predicted molar refractivity (Wildman–Crippen MR) is 55.1 cm³/mol. The highest BCUT2D eigenvalue weighted by Gasteiger charge is 2.06. The van der Waals surface area contributed by atoms with Crippen LogP contribution in [-0.2, 0) is 4.79 Å². The second-order valence-electron chi connectivity index (χ2n) is 3.00. The van der Waals surface area contributed by atoms with Gasteiger partial charge in [-0.2, -0.15) is 0 Å². The Morgan fingerprint density at radius 1 is 1.50 bits per heavy atom. The molecule has 2 N–H and O–H groups in total. The molecular weight excluding hydrogens is 202 g/mol. The van der Waals surface area contributed by atoms with Gasteiger partial charge in [0.25, 0.3) is 0 Å². The standard InChI is InChI=1S/C10H12ClNO2/c1-7(13)12-6-10(14)8-2-4-9(11)5-3-8/h2-5,10,14H,6H2,1H3,(H,12,13). The molecule has 0 aliphatic rings. The third-order valence-electron chi connectivity index (χ3n) is 1.80. The Labute approximate surface area is 87.7 Å². The average molecular weight is 214 g/mol. The number of nitrogens with one attached hydrogen (secondary N) is 1. The second-order valence-corrected chi connectivity index (χ2v) is 3.44. The van der Waals surface area contributed by atoms with Gasteiger partial charge >= 0.3 is 0 Å². The molecule has 3 nitrogen and oxygen atoms in total. The lowest BCUT2D eigenvalue weighted by molar-refractivity contribution is -0.119. The van der Waals surface area contributed by atoms with Crippen LogP contribution in [0.5, 0.6) is 0 Å². The molecule has 0 aliphatic heterocycles. The van der Waals surface area contributed by atoms with Gasteiger partial charge in [0.05, 0.1) is 6.10 Å². The summed E-state index contributed by atoms with van der Waals surface area (Å²) in [6.07, 6.45) is -0.684. The van der Waals surface area contributed by atoms with Crippen molar-refractivity contribution in [3.05, 3.63) is 34.9 Å². The first-order valence-electron chi connectivity index (χ1n) is 4.27. The molecule has 1 rings (SSSR count). The van der Waals surface area contributed by atoms with Gasteiger partial charge in [-0.15, -0.1) is 0 Å². The molecule has 0 spiro atoms. The minimum absolute atomic E-state index is 0.155. The SMILES string of the molecule is CC(=O)NCC(O)c1ccc(Cl)cc1. The summed E-state index contributed by atoms with van der Waals surface area (Å²) in [7, 11) is 0. The molecule has 1 aromatic carbocycles. The molecule has 0 fully saturated rings. The number of carbonyl (C=O) groups is 1. The van der Waals surface area contributed by atoms with Crippen LogP contribution in [0.1, 0.15) is 18.6 Å². The summed E-state index contributed by atoms with van der Waals surface area (Å²) in [6.45, 7) is 1.63. The van der Waals surface area contributed by atoms with Gasteiger partial charge in [-0.1, -0.05) is 23.7 Å². The summed E-state index contributed by atoms with van der Waals surface area (Å²) in [4.78, 5) is 10.6. The first kappa shape index (κ1) is 11.0. The first-order valence-corrected chi connectivity index (χ1v) is 4.65. The van der Waals surface area contributed by atoms with E-state index in [2.05, 4.69) is 5.32 Å². The van der Waals surface area contributed by atoms with Crippen molar-refractivity contribution in [1.82, 2.24) is 5.32 Å². The maximum Gasteiger partial charge on any atom is 0.216 e. The molecule has 0 saturated heterocycles. The predicted octanol–water partition coefficient (Wildman–Crippen LogP) is 1.51. The maximum atomic E-state index is 10.6. The number of rotatable bonds is 3. The highest BCUT2D eigenvalue weighted by Crippen LogP contribution is 2.15. The van der Waals surface area contributed by atoms with E-state index in [1.807, 2.05) is 0 Å². The Morgan fingerprint density at radius 3 is 2.57 bits per heavy atom. The van der Waals surface area contributed by atoms with E-state index in [0.717, 1.165) is 5.56 Å². The van der Waals surface area contributed by atoms with Gasteiger partial charge in [-0.25, -0.2) is 0 Å². The van der Waals surface area contributed by atoms with Crippen LogP contribution in [0.25, 0.3) is 0 Å². The number of hydrogen-bond acceptors (Lipinski definition) is 2. The van der Waals surface area contributed by atoms with E-state index < -0.39 is 6.10 Å². The number of carbonyl (C=O) groups excluding carboxylic acids is 1. The average Bonchev–Trinajstić information content (AvgIpc) is 2.15. The van der Waals surface area contributed by atoms with Crippen LogP contribution in [0, 0.1) is 0 Å². The largest absolute Gasteiger partial charge is 0.387 e. The van der Waals surface area contributed by atoms with E-state index in [4.69, 9.17) is 11.6 Å². The summed E-state index contributed by atoms with van der Waals surface area (Å²) in [5, 5.41) is 12.8. The van der Waals surface area contributed by atoms with Gasteiger partial charge < -0.3 is 10.4 Å². The van der Waals surface area contributed by atoms with E-state index in [0.29, 0.717) is 5.02 Å². The Kier molecular flexibility index (Phi) is 3.92. The molecule has 4 heteroatoms. The Balaban J connectivity index is 2.56. The van der Waals surface area contributed by atoms with Crippen molar-refractivity contribution in [3.63, 3.8) is 0 Å². The first-order chi connectivity index (χ1) is 6.59. The summed E-state index contributed by atoms with van der Waals surface area (Å²) in [5.41, 5.74) is 0.739. The molecule has 76 valence electrons. The number of halogens is 1. The van der Waals surface area contributed by atoms with Gasteiger partial charge in [-0.05, 0) is 17.7 Å². The van der Waals surface area contributed by atoms with Crippen molar-refractivity contribution in [2.24, 2.45) is 0 Å². The minimum atomic E-state index is -0.684. The van der Waals surface area contributed by atoms with E-state index >= 15 is 0 Å². The van der Waals surface area contributed by atoms with Gasteiger partial charge in [0, 0.05) is 18.5 Å². The van der Waals surface area contributed by atoms with Crippen LogP contribution < -0.4 is 5.32 Å². The van der Waals surface area contributed by atoms with Gasteiger partial charge in [0.15, 0.2) is 0 Å². The zero-order chi connectivity index (χ0) is 10.6. The quantitative estimate of drug-likeness (QED) is 0.800. The lowest BCUT2D eigenvalue weighted by Crippen LogP contribution is -2.25. The normalized spacial score (nSPS) is 12.2. The van der Waals surface area contributed by atoms with Crippen LogP contribution in [0.2, 0.25) is 5.02 Å². The molecule has 0 aliphatic carbocycles. The molecule has 0 aromatic heterocycles. The van der Waals surface area contributed by atoms with Crippen molar-refractivity contribution in [2.75, 3.05) is 6.54 Å². The van der Waals surface area contributed by atoms with Crippen LogP contribution in [0.3, 0.4) is 0 Å². The summed E-state index contributed by atoms with van der Waals surface area (Å²) < 4.78 is 0. The van der Waals surface area contributed by atoms with Crippen molar-refractivity contribution in [1.29, 1.82) is 0 Å². The third-order valence-corrected chi connectivity index (χ3v) is 2.05. The number of aliphatic hydroxyl groups excluding tert-OH is 1. The third kappa shape index (κ3) is 3.36. The number of benzene rings is 1. The lowest BCUT2D eigenvalue weighted by atomic mass is 10.1. The fourth-order valence-electron chi connectivity index (χ4n) is 1.04. The number of amides is 1. The molecule has 0 bridgehead atoms. The van der Waals surface area contributed by atoms with E-state index in [9.17, 15) is 9.90 Å². The number of hydrogen-bond donors (Lipinski definition) is 2. The molecule has 1 aromatic rings. The molecule has 1 atom stereocenters. The van der Waals surface area contributed by atoms with Crippen LogP contribution in [0.15, 0.2) is 24.3 Å². The van der Waals surface area contributed by atoms with Gasteiger partial charge in [0.1, 0.15) is 0 Å². The molecular formula is C10H12ClNO2. The fraction of sp³-hybridized carbons (Fsp3) is 0.300. The molecule has 0 radical (unpaired) electrons. The molecule has 14 heavy (non-hydrogen) atoms. The number of aliphatic hydroxyl groups is 1. The smallest absolute Gasteiger partial charge is 0.216 e. The Hall–Kier alpha value is -1.06. The fourth-order valence-corrected chi connectivity index (χ4v) is 1.17. The summed E-state index contributed by atoms with van der Waals surface area (Å²) >= 11 is 5.69. The summed E-state index contributed by atoms with van der Waals surface area (Å²) in [5.74, 6) is -0.155. The van der Waals surface area contributed by atoms with Crippen molar-refractivity contribution in [2.45, 2.75) is 13.0 Å². The Bertz CT molecular complexity index is 310. The van der Waals surface area contributed by atoms with Crippen LogP contribution in [0.4, 0.5) is 0 Å². The molecule has 0 heterocycles. The van der Waals surface area contributed by atoms with E-state index in [1.54, 1.807) is 24.3 Å². The van der Waals surface area contributed by atoms with Crippen molar-refractivity contribution < 1.29 is 9.90 Å². The van der Waals surface area contributed by atoms with Gasteiger partial charge in [0.2, 0.25) is 5.91 Å². The van der Waals surface area contributed by atoms with Crippen LogP contribution in [-0.4, -0.2) is 17.6 Å². The topological polar surface area (TPSA) is 49.3 Å². The van der Waals surface area contributed by atoms with Crippen molar-refractivity contribution >= 4 is 17.5 Å². The van der Waals surface area contributed by atoms with Gasteiger partial charge in [-0.3, -0.25) is 4.79 Å². The second kappa shape index (κ2) is 4.98. The zero-order valence-electron chi connectivity index (χ0n) is 7.83. The minimum Gasteiger partial charge on any atom is -0.387 e. The van der Waals surface area contributed by atoms with Crippen molar-refractivity contribution in [3.8, 4) is 0 Å². The Morgan fingerprint density at radius 2 is 2.07 bits per heavy atom. The maximum absolute atomic E-state index is 10.6. The highest BCUT2D eigenvalue weighted by atomic mass is 35.5.